The molecule has 1 unspecified atom stereocenters. The first-order valence-electron chi connectivity index (χ1n) is 3.52. The van der Waals surface area contributed by atoms with Gasteiger partial charge in [0.15, 0.2) is 5.15 Å². The zero-order valence-corrected chi connectivity index (χ0v) is 7.32. The Bertz CT molecular complexity index is 285. The molecule has 0 saturated carbocycles. The lowest BCUT2D eigenvalue weighted by Gasteiger charge is -2.07. The lowest BCUT2D eigenvalue weighted by molar-refractivity contribution is -0.137. The number of rotatable bonds is 3. The molecule has 66 valence electrons. The summed E-state index contributed by atoms with van der Waals surface area (Å²) >= 11 is 5.56. The van der Waals surface area contributed by atoms with Crippen LogP contribution in [0.1, 0.15) is 19.4 Å². The van der Waals surface area contributed by atoms with Gasteiger partial charge in [0.2, 0.25) is 0 Å². The van der Waals surface area contributed by atoms with Gasteiger partial charge in [-0.3, -0.25) is 9.48 Å². The summed E-state index contributed by atoms with van der Waals surface area (Å²) < 4.78 is 1.54. The number of carbonyl (C=O) groups is 1. The van der Waals surface area contributed by atoms with E-state index in [0.29, 0.717) is 5.15 Å². The number of carboxylic acid groups (broad SMARTS) is 1. The molecule has 0 fully saturated rings. The SMILES string of the molecule is CC(CC(=O)O)n1ccc(Cl)n1. The first-order valence-corrected chi connectivity index (χ1v) is 3.90. The summed E-state index contributed by atoms with van der Waals surface area (Å²) in [5.41, 5.74) is 0. The summed E-state index contributed by atoms with van der Waals surface area (Å²) in [5.74, 6) is -0.839. The first kappa shape index (κ1) is 9.06. The van der Waals surface area contributed by atoms with Crippen LogP contribution < -0.4 is 0 Å². The third kappa shape index (κ3) is 2.23. The van der Waals surface area contributed by atoms with E-state index in [1.54, 1.807) is 19.2 Å². The van der Waals surface area contributed by atoms with Gasteiger partial charge in [-0.25, -0.2) is 0 Å². The molecule has 1 aromatic rings. The normalized spacial score (nSPS) is 12.8. The minimum atomic E-state index is -0.839. The number of aromatic nitrogens is 2. The number of hydrogen-bond donors (Lipinski definition) is 1. The number of halogens is 1. The second-order valence-corrected chi connectivity index (χ2v) is 2.95. The van der Waals surface area contributed by atoms with Crippen molar-refractivity contribution in [1.29, 1.82) is 0 Å². The van der Waals surface area contributed by atoms with Gasteiger partial charge in [0.05, 0.1) is 12.5 Å². The van der Waals surface area contributed by atoms with Crippen molar-refractivity contribution in [2.24, 2.45) is 0 Å². The van der Waals surface area contributed by atoms with E-state index >= 15 is 0 Å². The summed E-state index contributed by atoms with van der Waals surface area (Å²) in [6.45, 7) is 1.78. The molecule has 1 rings (SSSR count). The number of aliphatic carboxylic acids is 1. The van der Waals surface area contributed by atoms with Crippen molar-refractivity contribution in [3.05, 3.63) is 17.4 Å². The van der Waals surface area contributed by atoms with Crippen LogP contribution >= 0.6 is 11.6 Å². The zero-order chi connectivity index (χ0) is 9.14. The van der Waals surface area contributed by atoms with Crippen LogP contribution in [0.25, 0.3) is 0 Å². The Balaban J connectivity index is 2.64. The van der Waals surface area contributed by atoms with Crippen LogP contribution in [0, 0.1) is 0 Å². The van der Waals surface area contributed by atoms with Crippen molar-refractivity contribution in [2.45, 2.75) is 19.4 Å². The zero-order valence-electron chi connectivity index (χ0n) is 6.57. The molecule has 4 nitrogen and oxygen atoms in total. The summed E-state index contributed by atoms with van der Waals surface area (Å²) in [6, 6.07) is 1.47. The molecule has 0 aliphatic rings. The van der Waals surface area contributed by atoms with Gasteiger partial charge in [-0.15, -0.1) is 0 Å². The molecular weight excluding hydrogens is 180 g/mol. The average Bonchev–Trinajstić information content (AvgIpc) is 2.34. The monoisotopic (exact) mass is 188 g/mol. The fourth-order valence-electron chi connectivity index (χ4n) is 0.907. The van der Waals surface area contributed by atoms with E-state index in [1.165, 1.54) is 4.68 Å². The smallest absolute Gasteiger partial charge is 0.305 e. The summed E-state index contributed by atoms with van der Waals surface area (Å²) in [7, 11) is 0. The highest BCUT2D eigenvalue weighted by Gasteiger charge is 2.09. The van der Waals surface area contributed by atoms with Crippen molar-refractivity contribution >= 4 is 17.6 Å². The number of carboxylic acids is 1. The molecule has 0 amide bonds. The van der Waals surface area contributed by atoms with Crippen molar-refractivity contribution in [3.8, 4) is 0 Å². The van der Waals surface area contributed by atoms with Crippen LogP contribution in [0.5, 0.6) is 0 Å². The van der Waals surface area contributed by atoms with E-state index in [4.69, 9.17) is 16.7 Å². The van der Waals surface area contributed by atoms with E-state index in [1.807, 2.05) is 0 Å². The summed E-state index contributed by atoms with van der Waals surface area (Å²) in [5, 5.41) is 12.7. The quantitative estimate of drug-likeness (QED) is 0.784. The van der Waals surface area contributed by atoms with E-state index in [9.17, 15) is 4.79 Å². The lowest BCUT2D eigenvalue weighted by Crippen LogP contribution is -2.10. The van der Waals surface area contributed by atoms with Crippen LogP contribution in [0.2, 0.25) is 5.15 Å². The molecular formula is C7H9ClN2O2. The maximum absolute atomic E-state index is 10.3. The Morgan fingerprint density at radius 2 is 2.58 bits per heavy atom. The van der Waals surface area contributed by atoms with E-state index in [0.717, 1.165) is 0 Å². The minimum absolute atomic E-state index is 0.0536. The predicted molar refractivity (Wildman–Crippen MR) is 44.2 cm³/mol. The molecule has 0 spiro atoms. The molecule has 1 N–H and O–H groups in total. The maximum Gasteiger partial charge on any atom is 0.305 e. The minimum Gasteiger partial charge on any atom is -0.481 e. The Labute approximate surface area is 74.8 Å². The van der Waals surface area contributed by atoms with E-state index < -0.39 is 5.97 Å². The van der Waals surface area contributed by atoms with Gasteiger partial charge in [0.25, 0.3) is 0 Å². The Hall–Kier alpha value is -1.03. The van der Waals surface area contributed by atoms with Crippen molar-refractivity contribution in [2.75, 3.05) is 0 Å². The second-order valence-electron chi connectivity index (χ2n) is 2.57. The molecule has 1 atom stereocenters. The lowest BCUT2D eigenvalue weighted by atomic mass is 10.2. The van der Waals surface area contributed by atoms with Crippen LogP contribution in [-0.4, -0.2) is 20.9 Å². The Kier molecular flexibility index (Phi) is 2.70. The Morgan fingerprint density at radius 1 is 1.92 bits per heavy atom. The average molecular weight is 189 g/mol. The second kappa shape index (κ2) is 3.58. The molecule has 0 radical (unpaired) electrons. The first-order chi connectivity index (χ1) is 5.59. The van der Waals surface area contributed by atoms with Gasteiger partial charge in [-0.05, 0) is 13.0 Å². The topological polar surface area (TPSA) is 55.1 Å². The van der Waals surface area contributed by atoms with Gasteiger partial charge in [0, 0.05) is 6.20 Å². The molecule has 0 saturated heterocycles. The summed E-state index contributed by atoms with van der Waals surface area (Å²) in [6.07, 6.45) is 1.72. The van der Waals surface area contributed by atoms with Crippen molar-refractivity contribution in [1.82, 2.24) is 9.78 Å². The molecule has 5 heteroatoms. The van der Waals surface area contributed by atoms with Gasteiger partial charge >= 0.3 is 5.97 Å². The standard InChI is InChI=1S/C7H9ClN2O2/c1-5(4-7(11)12)10-3-2-6(8)9-10/h2-3,5H,4H2,1H3,(H,11,12). The fraction of sp³-hybridized carbons (Fsp3) is 0.429. The third-order valence-corrected chi connectivity index (χ3v) is 1.70. The maximum atomic E-state index is 10.3. The van der Waals surface area contributed by atoms with Gasteiger partial charge in [-0.2, -0.15) is 5.10 Å². The largest absolute Gasteiger partial charge is 0.481 e. The van der Waals surface area contributed by atoms with Crippen LogP contribution in [0.4, 0.5) is 0 Å². The van der Waals surface area contributed by atoms with Crippen molar-refractivity contribution < 1.29 is 9.90 Å². The summed E-state index contributed by atoms with van der Waals surface area (Å²) in [4.78, 5) is 10.3. The van der Waals surface area contributed by atoms with E-state index in [2.05, 4.69) is 5.10 Å². The molecule has 1 heterocycles. The molecule has 0 aromatic carbocycles. The third-order valence-electron chi connectivity index (χ3n) is 1.50. The van der Waals surface area contributed by atoms with Gasteiger partial charge in [0.1, 0.15) is 0 Å². The predicted octanol–water partition coefficient (Wildman–Crippen LogP) is 1.57. The molecule has 0 aliphatic carbocycles. The highest BCUT2D eigenvalue weighted by atomic mass is 35.5. The molecule has 0 bridgehead atoms. The molecule has 12 heavy (non-hydrogen) atoms. The highest BCUT2D eigenvalue weighted by molar-refractivity contribution is 6.29. The van der Waals surface area contributed by atoms with Gasteiger partial charge in [-0.1, -0.05) is 11.6 Å². The van der Waals surface area contributed by atoms with Crippen LogP contribution in [-0.2, 0) is 4.79 Å². The molecule has 1 aromatic heterocycles. The molecule has 0 aliphatic heterocycles. The van der Waals surface area contributed by atoms with Crippen molar-refractivity contribution in [3.63, 3.8) is 0 Å². The highest BCUT2D eigenvalue weighted by Crippen LogP contribution is 2.11. The number of nitrogens with zero attached hydrogens (tertiary/aromatic N) is 2. The van der Waals surface area contributed by atoms with Gasteiger partial charge < -0.3 is 5.11 Å². The van der Waals surface area contributed by atoms with Crippen LogP contribution in [0.3, 0.4) is 0 Å². The fourth-order valence-corrected chi connectivity index (χ4v) is 1.05. The Morgan fingerprint density at radius 3 is 3.00 bits per heavy atom. The number of hydrogen-bond acceptors (Lipinski definition) is 2. The van der Waals surface area contributed by atoms with Crippen LogP contribution in [0.15, 0.2) is 12.3 Å². The van der Waals surface area contributed by atoms with E-state index in [-0.39, 0.29) is 12.5 Å².